The van der Waals surface area contributed by atoms with Crippen molar-refractivity contribution < 1.29 is 23.0 Å². The maximum absolute atomic E-state index is 13.9. The molecular formula is C31H28F3N9O3. The minimum Gasteiger partial charge on any atom is -0.480 e. The van der Waals surface area contributed by atoms with Gasteiger partial charge in [0.1, 0.15) is 23.2 Å². The Morgan fingerprint density at radius 2 is 1.76 bits per heavy atom. The number of hydrogen-bond donors (Lipinski definition) is 1. The zero-order valence-corrected chi connectivity index (χ0v) is 24.6. The summed E-state index contributed by atoms with van der Waals surface area (Å²) in [6.45, 7) is 0.650. The summed E-state index contributed by atoms with van der Waals surface area (Å²) in [4.78, 5) is 42.3. The Labute approximate surface area is 259 Å². The first kappa shape index (κ1) is 28.5. The topological polar surface area (TPSA) is 137 Å². The fourth-order valence-corrected chi connectivity index (χ4v) is 5.85. The number of alkyl halides is 3. The van der Waals surface area contributed by atoms with Crippen molar-refractivity contribution in [3.8, 4) is 28.7 Å². The van der Waals surface area contributed by atoms with Gasteiger partial charge in [-0.3, -0.25) is 9.36 Å². The fraction of sp³-hybridized carbons (Fsp3) is 0.387. The van der Waals surface area contributed by atoms with Crippen LogP contribution < -0.4 is 15.2 Å². The summed E-state index contributed by atoms with van der Waals surface area (Å²) < 4.78 is 49.1. The van der Waals surface area contributed by atoms with Gasteiger partial charge in [0.25, 0.3) is 5.56 Å². The van der Waals surface area contributed by atoms with Crippen LogP contribution in [-0.4, -0.2) is 70.4 Å². The molecular weight excluding hydrogens is 603 g/mol. The van der Waals surface area contributed by atoms with Crippen LogP contribution in [0, 0.1) is 0 Å². The smallest absolute Gasteiger partial charge is 0.434 e. The molecule has 8 rings (SSSR count). The third-order valence-corrected chi connectivity index (χ3v) is 8.57. The van der Waals surface area contributed by atoms with Crippen molar-refractivity contribution in [2.75, 3.05) is 25.1 Å². The first-order chi connectivity index (χ1) is 22.2. The van der Waals surface area contributed by atoms with Crippen LogP contribution >= 0.6 is 0 Å². The molecule has 46 heavy (non-hydrogen) atoms. The number of aliphatic hydroxyl groups is 1. The first-order valence-corrected chi connectivity index (χ1v) is 15.0. The molecule has 1 aromatic carbocycles. The van der Waals surface area contributed by atoms with E-state index in [1.807, 2.05) is 0 Å². The van der Waals surface area contributed by atoms with E-state index in [1.165, 1.54) is 18.0 Å². The van der Waals surface area contributed by atoms with Gasteiger partial charge in [-0.15, -0.1) is 0 Å². The van der Waals surface area contributed by atoms with E-state index < -0.39 is 23.5 Å². The summed E-state index contributed by atoms with van der Waals surface area (Å²) in [5.41, 5.74) is 1.96. The molecule has 1 N–H and O–H groups in total. The molecule has 0 amide bonds. The van der Waals surface area contributed by atoms with Crippen molar-refractivity contribution in [2.45, 2.75) is 56.5 Å². The lowest BCUT2D eigenvalue weighted by atomic mass is 10.1. The van der Waals surface area contributed by atoms with Gasteiger partial charge in [0, 0.05) is 36.8 Å². The molecule has 0 unspecified atom stereocenters. The zero-order chi connectivity index (χ0) is 31.7. The molecule has 2 saturated carbocycles. The Balaban J connectivity index is 1.21. The number of aliphatic hydroxyl groups excluding tert-OH is 1. The van der Waals surface area contributed by atoms with Gasteiger partial charge in [-0.1, -0.05) is 24.3 Å². The predicted octanol–water partition coefficient (Wildman–Crippen LogP) is 3.98. The third kappa shape index (κ3) is 5.04. The molecule has 236 valence electrons. The number of ether oxygens (including phenoxy) is 1. The highest BCUT2D eigenvalue weighted by molar-refractivity contribution is 5.76. The predicted molar refractivity (Wildman–Crippen MR) is 159 cm³/mol. The molecule has 12 nitrogen and oxygen atoms in total. The second kappa shape index (κ2) is 10.6. The van der Waals surface area contributed by atoms with Crippen LogP contribution in [0.5, 0.6) is 5.88 Å². The van der Waals surface area contributed by atoms with Crippen molar-refractivity contribution in [2.24, 2.45) is 0 Å². The standard InChI is InChI=1S/C31H28F3N9O3/c1-46-29-23(24(17-6-7-17)36-15-37-29)25-35-10-21-27(40-25)43(30(45)28(38-21)41-12-20(44)13-41)11-16-2-4-18(5-3-16)26-39-22(31(32,33)34)14-42(26)19-8-9-19/h2-5,10,14-15,17,19-20,44H,6-9,11-13H2,1H3. The van der Waals surface area contributed by atoms with Crippen LogP contribution in [-0.2, 0) is 12.7 Å². The molecule has 15 heteroatoms. The number of halogens is 3. The summed E-state index contributed by atoms with van der Waals surface area (Å²) in [6, 6.07) is 6.96. The molecule has 0 spiro atoms. The monoisotopic (exact) mass is 631 g/mol. The molecule has 0 atom stereocenters. The van der Waals surface area contributed by atoms with Crippen molar-refractivity contribution in [1.29, 1.82) is 0 Å². The molecule has 5 heterocycles. The van der Waals surface area contributed by atoms with E-state index >= 15 is 0 Å². The largest absolute Gasteiger partial charge is 0.480 e. The number of fused-ring (bicyclic) bond motifs is 1. The lowest BCUT2D eigenvalue weighted by Crippen LogP contribution is -2.53. The second-order valence-corrected chi connectivity index (χ2v) is 12.0. The zero-order valence-electron chi connectivity index (χ0n) is 24.6. The summed E-state index contributed by atoms with van der Waals surface area (Å²) in [5.74, 6) is 1.31. The maximum atomic E-state index is 13.9. The van der Waals surface area contributed by atoms with E-state index in [4.69, 9.17) is 9.72 Å². The molecule has 1 aliphatic heterocycles. The highest BCUT2D eigenvalue weighted by Gasteiger charge is 2.38. The Morgan fingerprint density at radius 3 is 2.41 bits per heavy atom. The van der Waals surface area contributed by atoms with Gasteiger partial charge in [0.15, 0.2) is 23.0 Å². The van der Waals surface area contributed by atoms with Gasteiger partial charge in [0.2, 0.25) is 5.88 Å². The number of methoxy groups -OCH3 is 1. The summed E-state index contributed by atoms with van der Waals surface area (Å²) in [7, 11) is 1.51. The fourth-order valence-electron chi connectivity index (χ4n) is 5.85. The molecule has 2 aliphatic carbocycles. The van der Waals surface area contributed by atoms with Crippen LogP contribution in [0.2, 0.25) is 0 Å². The van der Waals surface area contributed by atoms with Gasteiger partial charge in [-0.05, 0) is 31.2 Å². The molecule has 5 aromatic rings. The van der Waals surface area contributed by atoms with E-state index in [1.54, 1.807) is 39.9 Å². The summed E-state index contributed by atoms with van der Waals surface area (Å²) in [6.07, 6.45) is 2.56. The lowest BCUT2D eigenvalue weighted by Gasteiger charge is -2.36. The number of benzene rings is 1. The van der Waals surface area contributed by atoms with E-state index in [9.17, 15) is 23.1 Å². The average Bonchev–Trinajstić information content (AvgIpc) is 3.98. The van der Waals surface area contributed by atoms with Crippen molar-refractivity contribution in [3.05, 3.63) is 70.3 Å². The minimum atomic E-state index is -4.54. The van der Waals surface area contributed by atoms with E-state index in [-0.39, 0.29) is 48.9 Å². The van der Waals surface area contributed by atoms with Gasteiger partial charge < -0.3 is 19.3 Å². The van der Waals surface area contributed by atoms with Gasteiger partial charge >= 0.3 is 6.18 Å². The average molecular weight is 632 g/mol. The Hall–Kier alpha value is -4.92. The maximum Gasteiger partial charge on any atom is 0.434 e. The van der Waals surface area contributed by atoms with Crippen LogP contribution in [0.3, 0.4) is 0 Å². The normalized spacial score (nSPS) is 17.0. The SMILES string of the molecule is COc1ncnc(C2CC2)c1-c1ncc2nc(N3CC(O)C3)c(=O)n(Cc3ccc(-c4nc(C(F)(F)F)cn4C4CC4)cc3)c2n1. The number of imidazole rings is 1. The molecule has 3 fully saturated rings. The Kier molecular flexibility index (Phi) is 6.56. The van der Waals surface area contributed by atoms with Crippen LogP contribution in [0.25, 0.3) is 33.9 Å². The van der Waals surface area contributed by atoms with Crippen LogP contribution in [0.1, 0.15) is 54.6 Å². The third-order valence-electron chi connectivity index (χ3n) is 8.57. The van der Waals surface area contributed by atoms with Crippen LogP contribution in [0.15, 0.2) is 47.8 Å². The quantitative estimate of drug-likeness (QED) is 0.268. The van der Waals surface area contributed by atoms with E-state index in [2.05, 4.69) is 24.9 Å². The lowest BCUT2D eigenvalue weighted by molar-refractivity contribution is -0.140. The molecule has 0 radical (unpaired) electrons. The number of anilines is 1. The highest BCUT2D eigenvalue weighted by Crippen LogP contribution is 2.45. The number of aromatic nitrogens is 8. The molecule has 1 saturated heterocycles. The Morgan fingerprint density at radius 1 is 1.00 bits per heavy atom. The molecule has 3 aliphatic rings. The van der Waals surface area contributed by atoms with Crippen molar-refractivity contribution in [3.63, 3.8) is 0 Å². The van der Waals surface area contributed by atoms with Gasteiger partial charge in [-0.25, -0.2) is 29.9 Å². The summed E-state index contributed by atoms with van der Waals surface area (Å²) in [5, 5.41) is 9.90. The summed E-state index contributed by atoms with van der Waals surface area (Å²) >= 11 is 0. The second-order valence-electron chi connectivity index (χ2n) is 12.0. The van der Waals surface area contributed by atoms with Crippen molar-refractivity contribution >= 4 is 17.0 Å². The van der Waals surface area contributed by atoms with Gasteiger partial charge in [0.05, 0.1) is 31.6 Å². The molecule has 4 aromatic heterocycles. The van der Waals surface area contributed by atoms with Crippen LogP contribution in [0.4, 0.5) is 19.0 Å². The van der Waals surface area contributed by atoms with E-state index in [0.717, 1.165) is 37.6 Å². The molecule has 0 bridgehead atoms. The van der Waals surface area contributed by atoms with E-state index in [0.29, 0.717) is 33.9 Å². The highest BCUT2D eigenvalue weighted by atomic mass is 19.4. The minimum absolute atomic E-state index is 0.00132. The van der Waals surface area contributed by atoms with Gasteiger partial charge in [-0.2, -0.15) is 13.2 Å². The first-order valence-electron chi connectivity index (χ1n) is 15.0. The number of nitrogens with zero attached hydrogens (tertiary/aromatic N) is 9. The van der Waals surface area contributed by atoms with Crippen molar-refractivity contribution in [1.82, 2.24) is 39.0 Å². The number of β-amino-alcohol motifs (C(OH)–C–C–N with tert-alkyl or cyclic N) is 1. The Bertz CT molecular complexity index is 2030. The number of hydrogen-bond acceptors (Lipinski definition) is 10. The number of rotatable bonds is 8.